The predicted molar refractivity (Wildman–Crippen MR) is 76.9 cm³/mol. The molecule has 1 aliphatic heterocycles. The van der Waals surface area contributed by atoms with Crippen LogP contribution in [-0.4, -0.2) is 18.1 Å². The summed E-state index contributed by atoms with van der Waals surface area (Å²) in [7, 11) is 0. The second-order valence-corrected chi connectivity index (χ2v) is 5.01. The minimum absolute atomic E-state index is 0.249. The van der Waals surface area contributed by atoms with Crippen molar-refractivity contribution < 1.29 is 9.13 Å². The van der Waals surface area contributed by atoms with Gasteiger partial charge >= 0.3 is 0 Å². The molecule has 0 atom stereocenters. The maximum atomic E-state index is 13.3. The Labute approximate surface area is 117 Å². The van der Waals surface area contributed by atoms with Gasteiger partial charge in [-0.05, 0) is 29.8 Å². The predicted octanol–water partition coefficient (Wildman–Crippen LogP) is 2.80. The van der Waals surface area contributed by atoms with Crippen LogP contribution in [0, 0.1) is 5.82 Å². The summed E-state index contributed by atoms with van der Waals surface area (Å²) in [5, 5.41) is 0. The van der Waals surface area contributed by atoms with Crippen molar-refractivity contribution in [2.75, 3.05) is 18.9 Å². The molecule has 2 aromatic carbocycles. The van der Waals surface area contributed by atoms with Gasteiger partial charge in [0, 0.05) is 30.9 Å². The highest BCUT2D eigenvalue weighted by atomic mass is 19.1. The van der Waals surface area contributed by atoms with Crippen LogP contribution in [0.1, 0.15) is 11.1 Å². The van der Waals surface area contributed by atoms with Crippen LogP contribution in [0.5, 0.6) is 5.75 Å². The van der Waals surface area contributed by atoms with Gasteiger partial charge in [0.2, 0.25) is 0 Å². The van der Waals surface area contributed by atoms with Crippen molar-refractivity contribution in [3.05, 3.63) is 59.4 Å². The van der Waals surface area contributed by atoms with E-state index in [9.17, 15) is 4.39 Å². The summed E-state index contributed by atoms with van der Waals surface area (Å²) in [6, 6.07) is 12.5. The molecule has 0 amide bonds. The molecule has 4 heteroatoms. The van der Waals surface area contributed by atoms with Gasteiger partial charge in [0.1, 0.15) is 18.2 Å². The number of hydrogen-bond donors (Lipinski definition) is 1. The van der Waals surface area contributed by atoms with Crippen LogP contribution < -0.4 is 10.5 Å². The maximum Gasteiger partial charge on any atom is 0.123 e. The second-order valence-electron chi connectivity index (χ2n) is 5.01. The molecule has 0 bridgehead atoms. The van der Waals surface area contributed by atoms with Crippen LogP contribution in [0.2, 0.25) is 0 Å². The summed E-state index contributed by atoms with van der Waals surface area (Å²) >= 11 is 0. The molecular formula is C16H17FN2O. The fourth-order valence-electron chi connectivity index (χ4n) is 2.47. The van der Waals surface area contributed by atoms with E-state index in [2.05, 4.69) is 11.0 Å². The van der Waals surface area contributed by atoms with E-state index in [-0.39, 0.29) is 5.82 Å². The number of benzene rings is 2. The average molecular weight is 272 g/mol. The molecule has 0 aliphatic carbocycles. The zero-order valence-corrected chi connectivity index (χ0v) is 11.2. The first-order valence-electron chi connectivity index (χ1n) is 6.69. The van der Waals surface area contributed by atoms with Crippen molar-refractivity contribution in [1.82, 2.24) is 4.90 Å². The lowest BCUT2D eigenvalue weighted by atomic mass is 10.1. The highest BCUT2D eigenvalue weighted by Crippen LogP contribution is 2.24. The lowest BCUT2D eigenvalue weighted by Gasteiger charge is -2.20. The first kappa shape index (κ1) is 12.9. The Hall–Kier alpha value is -2.07. The molecule has 3 rings (SSSR count). The normalized spacial score (nSPS) is 15.2. The Kier molecular flexibility index (Phi) is 3.56. The minimum atomic E-state index is -0.249. The monoisotopic (exact) mass is 272 g/mol. The van der Waals surface area contributed by atoms with Gasteiger partial charge in [-0.15, -0.1) is 0 Å². The lowest BCUT2D eigenvalue weighted by Crippen LogP contribution is -2.25. The third-order valence-corrected chi connectivity index (χ3v) is 3.53. The van der Waals surface area contributed by atoms with Crippen LogP contribution in [0.3, 0.4) is 0 Å². The first-order valence-corrected chi connectivity index (χ1v) is 6.69. The number of para-hydroxylation sites is 1. The number of ether oxygens (including phenoxy) is 1. The molecule has 104 valence electrons. The Balaban J connectivity index is 1.80. The van der Waals surface area contributed by atoms with Crippen LogP contribution in [-0.2, 0) is 13.1 Å². The number of hydrogen-bond acceptors (Lipinski definition) is 3. The lowest BCUT2D eigenvalue weighted by molar-refractivity contribution is 0.220. The van der Waals surface area contributed by atoms with Gasteiger partial charge in [-0.3, -0.25) is 4.90 Å². The molecule has 2 aromatic rings. The third kappa shape index (κ3) is 2.75. The van der Waals surface area contributed by atoms with Crippen molar-refractivity contribution in [3.8, 4) is 5.75 Å². The molecule has 20 heavy (non-hydrogen) atoms. The maximum absolute atomic E-state index is 13.3. The van der Waals surface area contributed by atoms with Crippen molar-refractivity contribution in [1.29, 1.82) is 0 Å². The van der Waals surface area contributed by atoms with Gasteiger partial charge in [-0.2, -0.15) is 0 Å². The zero-order valence-electron chi connectivity index (χ0n) is 11.2. The number of nitrogens with two attached hydrogens (primary N) is 1. The van der Waals surface area contributed by atoms with Gasteiger partial charge in [0.25, 0.3) is 0 Å². The van der Waals surface area contributed by atoms with Crippen molar-refractivity contribution in [2.45, 2.75) is 13.1 Å². The van der Waals surface area contributed by atoms with E-state index in [0.29, 0.717) is 18.8 Å². The van der Waals surface area contributed by atoms with Crippen molar-refractivity contribution >= 4 is 5.69 Å². The Morgan fingerprint density at radius 1 is 1.20 bits per heavy atom. The summed E-state index contributed by atoms with van der Waals surface area (Å²) in [6.07, 6.45) is 0. The van der Waals surface area contributed by atoms with Crippen LogP contribution in [0.4, 0.5) is 10.1 Å². The molecule has 0 unspecified atom stereocenters. The first-order chi connectivity index (χ1) is 9.72. The molecule has 0 saturated heterocycles. The van der Waals surface area contributed by atoms with Gasteiger partial charge in [0.05, 0.1) is 0 Å². The number of nitrogen functional groups attached to an aromatic ring is 1. The Morgan fingerprint density at radius 2 is 2.05 bits per heavy atom. The summed E-state index contributed by atoms with van der Waals surface area (Å²) in [5.74, 6) is 0.683. The van der Waals surface area contributed by atoms with E-state index < -0.39 is 0 Å². The van der Waals surface area contributed by atoms with Gasteiger partial charge in [-0.25, -0.2) is 4.39 Å². The van der Waals surface area contributed by atoms with E-state index in [4.69, 9.17) is 10.5 Å². The summed E-state index contributed by atoms with van der Waals surface area (Å²) in [5.41, 5.74) is 8.52. The summed E-state index contributed by atoms with van der Waals surface area (Å²) in [4.78, 5) is 2.22. The number of halogens is 1. The fraction of sp³-hybridized carbons (Fsp3) is 0.250. The third-order valence-electron chi connectivity index (χ3n) is 3.53. The number of nitrogens with zero attached hydrogens (tertiary/aromatic N) is 1. The van der Waals surface area contributed by atoms with E-state index in [0.717, 1.165) is 30.0 Å². The molecule has 2 N–H and O–H groups in total. The molecule has 0 aromatic heterocycles. The van der Waals surface area contributed by atoms with Crippen LogP contribution in [0.15, 0.2) is 42.5 Å². The topological polar surface area (TPSA) is 38.5 Å². The summed E-state index contributed by atoms with van der Waals surface area (Å²) < 4.78 is 19.0. The summed E-state index contributed by atoms with van der Waals surface area (Å²) in [6.45, 7) is 2.84. The van der Waals surface area contributed by atoms with E-state index in [1.807, 2.05) is 18.2 Å². The second kappa shape index (κ2) is 5.51. The molecule has 0 spiro atoms. The van der Waals surface area contributed by atoms with Gasteiger partial charge in [0.15, 0.2) is 0 Å². The molecular weight excluding hydrogens is 255 g/mol. The molecule has 1 heterocycles. The number of anilines is 1. The van der Waals surface area contributed by atoms with E-state index in [1.165, 1.54) is 12.1 Å². The van der Waals surface area contributed by atoms with Gasteiger partial charge in [-0.1, -0.05) is 18.2 Å². The highest BCUT2D eigenvalue weighted by molar-refractivity contribution is 5.46. The minimum Gasteiger partial charge on any atom is -0.492 e. The van der Waals surface area contributed by atoms with Crippen molar-refractivity contribution in [3.63, 3.8) is 0 Å². The molecule has 0 radical (unpaired) electrons. The smallest absolute Gasteiger partial charge is 0.123 e. The van der Waals surface area contributed by atoms with Crippen LogP contribution >= 0.6 is 0 Å². The molecule has 3 nitrogen and oxygen atoms in total. The van der Waals surface area contributed by atoms with Crippen LogP contribution in [0.25, 0.3) is 0 Å². The average Bonchev–Trinajstić information content (AvgIpc) is 2.64. The Morgan fingerprint density at radius 3 is 2.95 bits per heavy atom. The van der Waals surface area contributed by atoms with Gasteiger partial charge < -0.3 is 10.5 Å². The van der Waals surface area contributed by atoms with E-state index in [1.54, 1.807) is 6.07 Å². The molecule has 0 saturated carbocycles. The standard InChI is InChI=1S/C16H17FN2O/c17-14-5-6-15(18)13(9-14)11-19-7-8-20-16-4-2-1-3-12(16)10-19/h1-6,9H,7-8,10-11,18H2. The SMILES string of the molecule is Nc1ccc(F)cc1CN1CCOc2ccccc2C1. The number of fused-ring (bicyclic) bond motifs is 1. The largest absolute Gasteiger partial charge is 0.492 e. The zero-order chi connectivity index (χ0) is 13.9. The molecule has 0 fully saturated rings. The molecule has 1 aliphatic rings. The highest BCUT2D eigenvalue weighted by Gasteiger charge is 2.16. The quantitative estimate of drug-likeness (QED) is 0.854. The van der Waals surface area contributed by atoms with E-state index >= 15 is 0 Å². The fourth-order valence-corrected chi connectivity index (χ4v) is 2.47. The Bertz CT molecular complexity index is 615. The van der Waals surface area contributed by atoms with Crippen molar-refractivity contribution in [2.24, 2.45) is 0 Å². The number of rotatable bonds is 2.